The molecule has 4 rings (SSSR count). The average molecular weight is 444 g/mol. The number of sulfonamides is 1. The molecule has 0 saturated carbocycles. The standard InChI is InChI=1S/C21H18FN3O3S2/c1-30(27,28)24-17-6-3-2-5-16(17)18-13-19(14-8-10-15(22)11-9-14)25(23-18)21(26)20-7-4-12-29-20/h2-12,19,24H,13H2,1H3/t19-/m1/s1. The smallest absolute Gasteiger partial charge is 0.283 e. The molecule has 2 heterocycles. The fourth-order valence-corrected chi connectivity index (χ4v) is 4.57. The maximum atomic E-state index is 13.4. The van der Waals surface area contributed by atoms with E-state index in [9.17, 15) is 17.6 Å². The van der Waals surface area contributed by atoms with E-state index in [1.54, 1.807) is 48.5 Å². The molecule has 1 amide bonds. The van der Waals surface area contributed by atoms with Crippen molar-refractivity contribution < 1.29 is 17.6 Å². The summed E-state index contributed by atoms with van der Waals surface area (Å²) in [5, 5.41) is 7.77. The predicted octanol–water partition coefficient (Wildman–Crippen LogP) is 4.25. The number of benzene rings is 2. The van der Waals surface area contributed by atoms with Crippen LogP contribution in [0, 0.1) is 5.82 Å². The third kappa shape index (κ3) is 4.27. The van der Waals surface area contributed by atoms with Gasteiger partial charge >= 0.3 is 0 Å². The van der Waals surface area contributed by atoms with Gasteiger partial charge in [0.25, 0.3) is 5.91 Å². The molecule has 1 aromatic heterocycles. The highest BCUT2D eigenvalue weighted by Gasteiger charge is 2.34. The molecule has 0 saturated heterocycles. The Morgan fingerprint density at radius 3 is 2.53 bits per heavy atom. The topological polar surface area (TPSA) is 78.8 Å². The van der Waals surface area contributed by atoms with Crippen LogP contribution in [0.4, 0.5) is 10.1 Å². The fourth-order valence-electron chi connectivity index (χ4n) is 3.34. The van der Waals surface area contributed by atoms with Crippen LogP contribution in [0.25, 0.3) is 0 Å². The van der Waals surface area contributed by atoms with Gasteiger partial charge in [0.2, 0.25) is 10.0 Å². The summed E-state index contributed by atoms with van der Waals surface area (Å²) >= 11 is 1.31. The van der Waals surface area contributed by atoms with Gasteiger partial charge in [-0.2, -0.15) is 5.10 Å². The van der Waals surface area contributed by atoms with Crippen LogP contribution in [-0.4, -0.2) is 31.3 Å². The molecule has 6 nitrogen and oxygen atoms in total. The summed E-state index contributed by atoms with van der Waals surface area (Å²) in [4.78, 5) is 13.6. The molecule has 0 spiro atoms. The van der Waals surface area contributed by atoms with Gasteiger partial charge in [-0.1, -0.05) is 36.4 Å². The molecule has 30 heavy (non-hydrogen) atoms. The largest absolute Gasteiger partial charge is 0.284 e. The van der Waals surface area contributed by atoms with E-state index in [4.69, 9.17) is 0 Å². The molecule has 2 aromatic carbocycles. The average Bonchev–Trinajstić information content (AvgIpc) is 3.38. The number of halogens is 1. The highest BCUT2D eigenvalue weighted by Crippen LogP contribution is 2.36. The number of carbonyl (C=O) groups excluding carboxylic acids is 1. The Balaban J connectivity index is 1.76. The summed E-state index contributed by atoms with van der Waals surface area (Å²) in [6, 6.07) is 15.9. The fraction of sp³-hybridized carbons (Fsp3) is 0.143. The number of amides is 1. The Morgan fingerprint density at radius 2 is 1.87 bits per heavy atom. The molecule has 1 aliphatic heterocycles. The maximum absolute atomic E-state index is 13.4. The van der Waals surface area contributed by atoms with Crippen molar-refractivity contribution in [2.45, 2.75) is 12.5 Å². The minimum Gasteiger partial charge on any atom is -0.283 e. The van der Waals surface area contributed by atoms with E-state index in [1.165, 1.54) is 28.5 Å². The summed E-state index contributed by atoms with van der Waals surface area (Å²) in [7, 11) is -3.49. The molecule has 0 unspecified atom stereocenters. The number of anilines is 1. The van der Waals surface area contributed by atoms with Gasteiger partial charge in [0.1, 0.15) is 5.82 Å². The Labute approximate surface area is 177 Å². The zero-order valence-corrected chi connectivity index (χ0v) is 17.6. The Morgan fingerprint density at radius 1 is 1.13 bits per heavy atom. The van der Waals surface area contributed by atoms with E-state index in [2.05, 4.69) is 9.82 Å². The van der Waals surface area contributed by atoms with E-state index < -0.39 is 16.1 Å². The molecule has 1 N–H and O–H groups in total. The van der Waals surface area contributed by atoms with Gasteiger partial charge in [0.15, 0.2) is 0 Å². The summed E-state index contributed by atoms with van der Waals surface area (Å²) in [5.74, 6) is -0.625. The van der Waals surface area contributed by atoms with Crippen molar-refractivity contribution in [3.63, 3.8) is 0 Å². The van der Waals surface area contributed by atoms with Crippen molar-refractivity contribution in [1.29, 1.82) is 0 Å². The monoisotopic (exact) mass is 443 g/mol. The lowest BCUT2D eigenvalue weighted by atomic mass is 9.97. The molecule has 3 aromatic rings. The number of para-hydroxylation sites is 1. The van der Waals surface area contributed by atoms with Crippen LogP contribution in [0.3, 0.4) is 0 Å². The van der Waals surface area contributed by atoms with Gasteiger partial charge in [-0.25, -0.2) is 17.8 Å². The zero-order chi connectivity index (χ0) is 21.3. The first-order valence-electron chi connectivity index (χ1n) is 9.09. The first-order chi connectivity index (χ1) is 14.3. The van der Waals surface area contributed by atoms with E-state index in [-0.39, 0.29) is 11.7 Å². The quantitative estimate of drug-likeness (QED) is 0.640. The minimum atomic E-state index is -3.49. The lowest BCUT2D eigenvalue weighted by Gasteiger charge is -2.21. The summed E-state index contributed by atoms with van der Waals surface area (Å²) < 4.78 is 39.5. The van der Waals surface area contributed by atoms with Crippen LogP contribution >= 0.6 is 11.3 Å². The second-order valence-corrected chi connectivity index (χ2v) is 9.56. The number of hydrogen-bond donors (Lipinski definition) is 1. The molecule has 1 aliphatic rings. The SMILES string of the molecule is CS(=O)(=O)Nc1ccccc1C1=NN(C(=O)c2cccs2)[C@@H](c2ccc(F)cc2)C1. The summed E-state index contributed by atoms with van der Waals surface area (Å²) in [5.41, 5.74) is 2.30. The molecule has 9 heteroatoms. The van der Waals surface area contributed by atoms with Gasteiger partial charge in [-0.15, -0.1) is 11.3 Å². The van der Waals surface area contributed by atoms with E-state index in [1.807, 2.05) is 5.38 Å². The van der Waals surface area contributed by atoms with Crippen LogP contribution in [0.2, 0.25) is 0 Å². The molecule has 154 valence electrons. The first kappa shape index (κ1) is 20.2. The van der Waals surface area contributed by atoms with Crippen LogP contribution in [0.15, 0.2) is 71.1 Å². The van der Waals surface area contributed by atoms with Crippen LogP contribution in [0.5, 0.6) is 0 Å². The van der Waals surface area contributed by atoms with Crippen molar-refractivity contribution in [2.75, 3.05) is 11.0 Å². The molecule has 1 atom stereocenters. The second-order valence-electron chi connectivity index (χ2n) is 6.87. The number of carbonyl (C=O) groups is 1. The van der Waals surface area contributed by atoms with Crippen molar-refractivity contribution >= 4 is 38.7 Å². The van der Waals surface area contributed by atoms with Crippen LogP contribution in [0.1, 0.15) is 33.3 Å². The van der Waals surface area contributed by atoms with Crippen molar-refractivity contribution in [3.05, 3.63) is 87.9 Å². The number of nitrogens with zero attached hydrogens (tertiary/aromatic N) is 2. The van der Waals surface area contributed by atoms with Crippen LogP contribution in [-0.2, 0) is 10.0 Å². The van der Waals surface area contributed by atoms with Gasteiger partial charge in [0, 0.05) is 12.0 Å². The molecular weight excluding hydrogens is 425 g/mol. The van der Waals surface area contributed by atoms with Crippen LogP contribution < -0.4 is 4.72 Å². The third-order valence-corrected chi connectivity index (χ3v) is 6.09. The number of rotatable bonds is 5. The number of nitrogens with one attached hydrogen (secondary N) is 1. The molecule has 0 radical (unpaired) electrons. The Bertz CT molecular complexity index is 1210. The normalized spacial score (nSPS) is 16.4. The van der Waals surface area contributed by atoms with Gasteiger partial charge in [-0.3, -0.25) is 9.52 Å². The lowest BCUT2D eigenvalue weighted by Crippen LogP contribution is -2.26. The predicted molar refractivity (Wildman–Crippen MR) is 116 cm³/mol. The van der Waals surface area contributed by atoms with Crippen molar-refractivity contribution in [3.8, 4) is 0 Å². The van der Waals surface area contributed by atoms with Gasteiger partial charge < -0.3 is 0 Å². The van der Waals surface area contributed by atoms with Gasteiger partial charge in [0.05, 0.1) is 28.6 Å². The molecular formula is C21H18FN3O3S2. The van der Waals surface area contributed by atoms with E-state index in [0.717, 1.165) is 11.8 Å². The maximum Gasteiger partial charge on any atom is 0.284 e. The number of hydrogen-bond acceptors (Lipinski definition) is 5. The third-order valence-electron chi connectivity index (χ3n) is 4.64. The zero-order valence-electron chi connectivity index (χ0n) is 15.9. The summed E-state index contributed by atoms with van der Waals surface area (Å²) in [6.07, 6.45) is 1.44. The Hall–Kier alpha value is -3.04. The summed E-state index contributed by atoms with van der Waals surface area (Å²) in [6.45, 7) is 0. The molecule has 0 aliphatic carbocycles. The highest BCUT2D eigenvalue weighted by molar-refractivity contribution is 7.92. The van der Waals surface area contributed by atoms with Crippen molar-refractivity contribution in [2.24, 2.45) is 5.10 Å². The van der Waals surface area contributed by atoms with E-state index >= 15 is 0 Å². The van der Waals surface area contributed by atoms with Gasteiger partial charge in [-0.05, 0) is 35.2 Å². The number of hydrazone groups is 1. The van der Waals surface area contributed by atoms with Crippen molar-refractivity contribution in [1.82, 2.24) is 5.01 Å². The highest BCUT2D eigenvalue weighted by atomic mass is 32.2. The second kappa shape index (κ2) is 8.00. The number of thiophene rings is 1. The molecule has 0 fully saturated rings. The first-order valence-corrected chi connectivity index (χ1v) is 11.9. The minimum absolute atomic E-state index is 0.261. The van der Waals surface area contributed by atoms with E-state index in [0.29, 0.717) is 28.3 Å². The Kier molecular flexibility index (Phi) is 5.40. The lowest BCUT2D eigenvalue weighted by molar-refractivity contribution is 0.0716. The molecule has 0 bridgehead atoms.